The first-order chi connectivity index (χ1) is 5.99. The minimum Gasteiger partial charge on any atom is -0.395 e. The Morgan fingerprint density at radius 1 is 1.38 bits per heavy atom. The zero-order valence-corrected chi connectivity index (χ0v) is 7.69. The van der Waals surface area contributed by atoms with Crippen LogP contribution in [0.2, 0.25) is 0 Å². The Labute approximate surface area is 76.1 Å². The highest BCUT2D eigenvalue weighted by Gasteiger charge is 2.25. The maximum Gasteiger partial charge on any atom is 0.389 e. The van der Waals surface area contributed by atoms with Crippen molar-refractivity contribution in [3.8, 4) is 0 Å². The lowest BCUT2D eigenvalue weighted by molar-refractivity contribution is -0.135. The summed E-state index contributed by atoms with van der Waals surface area (Å²) in [4.78, 5) is 0. The molecule has 80 valence electrons. The highest BCUT2D eigenvalue weighted by Crippen LogP contribution is 2.20. The molecule has 2 N–H and O–H groups in total. The van der Waals surface area contributed by atoms with Gasteiger partial charge in [0, 0.05) is 12.5 Å². The van der Waals surface area contributed by atoms with E-state index in [4.69, 9.17) is 5.11 Å². The van der Waals surface area contributed by atoms with Gasteiger partial charge in [-0.3, -0.25) is 0 Å². The predicted octanol–water partition coefficient (Wildman–Crippen LogP) is 1.69. The fraction of sp³-hybridized carbons (Fsp3) is 1.00. The van der Waals surface area contributed by atoms with E-state index in [1.54, 1.807) is 0 Å². The molecule has 1 unspecified atom stereocenters. The van der Waals surface area contributed by atoms with Crippen LogP contribution in [-0.2, 0) is 0 Å². The Hall–Kier alpha value is -0.290. The van der Waals surface area contributed by atoms with Crippen molar-refractivity contribution in [2.24, 2.45) is 0 Å². The van der Waals surface area contributed by atoms with Crippen LogP contribution in [0.4, 0.5) is 13.2 Å². The van der Waals surface area contributed by atoms with Crippen LogP contribution in [0.5, 0.6) is 0 Å². The largest absolute Gasteiger partial charge is 0.395 e. The van der Waals surface area contributed by atoms with Gasteiger partial charge in [0.05, 0.1) is 6.61 Å². The molecule has 0 aromatic carbocycles. The van der Waals surface area contributed by atoms with E-state index >= 15 is 0 Å². The number of rotatable bonds is 6. The van der Waals surface area contributed by atoms with Gasteiger partial charge in [-0.1, -0.05) is 6.92 Å². The van der Waals surface area contributed by atoms with Crippen LogP contribution in [0.3, 0.4) is 0 Å². The number of hydrogen-bond acceptors (Lipinski definition) is 2. The van der Waals surface area contributed by atoms with Crippen LogP contribution < -0.4 is 5.32 Å². The minimum atomic E-state index is -4.07. The zero-order valence-electron chi connectivity index (χ0n) is 7.69. The van der Waals surface area contributed by atoms with Gasteiger partial charge in [0.2, 0.25) is 0 Å². The molecular weight excluding hydrogens is 183 g/mol. The molecule has 0 spiro atoms. The van der Waals surface area contributed by atoms with Gasteiger partial charge in [-0.15, -0.1) is 0 Å². The number of alkyl halides is 3. The van der Waals surface area contributed by atoms with Crippen LogP contribution in [0.25, 0.3) is 0 Å². The monoisotopic (exact) mass is 199 g/mol. The summed E-state index contributed by atoms with van der Waals surface area (Å²) in [5.74, 6) is 0. The van der Waals surface area contributed by atoms with Gasteiger partial charge in [0.1, 0.15) is 0 Å². The van der Waals surface area contributed by atoms with E-state index in [-0.39, 0.29) is 19.1 Å². The number of aliphatic hydroxyl groups excluding tert-OH is 1. The van der Waals surface area contributed by atoms with Gasteiger partial charge in [-0.25, -0.2) is 0 Å². The zero-order chi connectivity index (χ0) is 10.3. The Bertz CT molecular complexity index is 123. The molecule has 0 aliphatic rings. The summed E-state index contributed by atoms with van der Waals surface area (Å²) in [7, 11) is 0. The standard InChI is InChI=1S/C8H16F3NO/c1-2-7(6-13)12-5-3-4-8(9,10)11/h7,12-13H,2-6H2,1H3. The average Bonchev–Trinajstić information content (AvgIpc) is 2.03. The summed E-state index contributed by atoms with van der Waals surface area (Å²) < 4.78 is 35.0. The van der Waals surface area contributed by atoms with Crippen molar-refractivity contribution < 1.29 is 18.3 Å². The van der Waals surface area contributed by atoms with E-state index in [9.17, 15) is 13.2 Å². The van der Waals surface area contributed by atoms with Crippen LogP contribution in [0, 0.1) is 0 Å². The first kappa shape index (κ1) is 12.7. The van der Waals surface area contributed by atoms with Crippen molar-refractivity contribution in [3.05, 3.63) is 0 Å². The average molecular weight is 199 g/mol. The first-order valence-corrected chi connectivity index (χ1v) is 4.40. The topological polar surface area (TPSA) is 32.3 Å². The molecule has 0 amide bonds. The third-order valence-corrected chi connectivity index (χ3v) is 1.78. The normalized spacial score (nSPS) is 14.5. The van der Waals surface area contributed by atoms with Gasteiger partial charge in [-0.2, -0.15) is 13.2 Å². The number of hydrogen-bond donors (Lipinski definition) is 2. The molecule has 13 heavy (non-hydrogen) atoms. The quantitative estimate of drug-likeness (QED) is 0.638. The highest BCUT2D eigenvalue weighted by molar-refractivity contribution is 4.63. The molecule has 0 radical (unpaired) electrons. The molecule has 0 heterocycles. The summed E-state index contributed by atoms with van der Waals surface area (Å²) >= 11 is 0. The minimum absolute atomic E-state index is 0.0253. The molecule has 1 atom stereocenters. The van der Waals surface area contributed by atoms with Gasteiger partial charge in [0.25, 0.3) is 0 Å². The third kappa shape index (κ3) is 8.05. The Morgan fingerprint density at radius 2 is 2.00 bits per heavy atom. The lowest BCUT2D eigenvalue weighted by Gasteiger charge is -2.14. The summed E-state index contributed by atoms with van der Waals surface area (Å²) in [5.41, 5.74) is 0. The molecular formula is C8H16F3NO. The van der Waals surface area contributed by atoms with Gasteiger partial charge in [-0.05, 0) is 19.4 Å². The maximum atomic E-state index is 11.7. The van der Waals surface area contributed by atoms with E-state index in [1.807, 2.05) is 6.92 Å². The molecule has 5 heteroatoms. The van der Waals surface area contributed by atoms with E-state index in [2.05, 4.69) is 5.32 Å². The van der Waals surface area contributed by atoms with Crippen molar-refractivity contribution in [3.63, 3.8) is 0 Å². The Kier molecular flexibility index (Phi) is 6.07. The molecule has 2 nitrogen and oxygen atoms in total. The van der Waals surface area contributed by atoms with Crippen LogP contribution in [-0.4, -0.2) is 30.5 Å². The Morgan fingerprint density at radius 3 is 2.38 bits per heavy atom. The van der Waals surface area contributed by atoms with Crippen molar-refractivity contribution in [1.29, 1.82) is 0 Å². The third-order valence-electron chi connectivity index (χ3n) is 1.78. The van der Waals surface area contributed by atoms with Gasteiger partial charge >= 0.3 is 6.18 Å². The maximum absolute atomic E-state index is 11.7. The molecule has 0 rings (SSSR count). The van der Waals surface area contributed by atoms with E-state index in [0.29, 0.717) is 6.54 Å². The van der Waals surface area contributed by atoms with E-state index in [1.165, 1.54) is 0 Å². The molecule has 0 bridgehead atoms. The highest BCUT2D eigenvalue weighted by atomic mass is 19.4. The summed E-state index contributed by atoms with van der Waals surface area (Å²) in [5, 5.41) is 11.5. The van der Waals surface area contributed by atoms with Crippen molar-refractivity contribution >= 4 is 0 Å². The van der Waals surface area contributed by atoms with E-state index in [0.717, 1.165) is 6.42 Å². The Balaban J connectivity index is 3.34. The first-order valence-electron chi connectivity index (χ1n) is 4.40. The molecule has 0 aromatic rings. The smallest absolute Gasteiger partial charge is 0.389 e. The van der Waals surface area contributed by atoms with Crippen molar-refractivity contribution in [2.45, 2.75) is 38.4 Å². The molecule has 0 fully saturated rings. The fourth-order valence-electron chi connectivity index (χ4n) is 0.933. The van der Waals surface area contributed by atoms with Gasteiger partial charge in [0.15, 0.2) is 0 Å². The predicted molar refractivity (Wildman–Crippen MR) is 44.5 cm³/mol. The molecule has 0 aliphatic heterocycles. The van der Waals surface area contributed by atoms with E-state index < -0.39 is 12.6 Å². The molecule has 0 aromatic heterocycles. The van der Waals surface area contributed by atoms with Gasteiger partial charge < -0.3 is 10.4 Å². The number of aliphatic hydroxyl groups is 1. The number of nitrogens with one attached hydrogen (secondary N) is 1. The summed E-state index contributed by atoms with van der Waals surface area (Å²) in [6.45, 7) is 2.15. The van der Waals surface area contributed by atoms with Crippen molar-refractivity contribution in [2.75, 3.05) is 13.2 Å². The lowest BCUT2D eigenvalue weighted by Crippen LogP contribution is -2.32. The lowest BCUT2D eigenvalue weighted by atomic mass is 10.2. The molecule has 0 saturated carbocycles. The SMILES string of the molecule is CCC(CO)NCCCC(F)(F)F. The number of halogens is 3. The second kappa shape index (κ2) is 6.21. The summed E-state index contributed by atoms with van der Waals surface area (Å²) in [6, 6.07) is -0.0757. The van der Waals surface area contributed by atoms with Crippen LogP contribution >= 0.6 is 0 Å². The summed E-state index contributed by atoms with van der Waals surface area (Å²) in [6.07, 6.45) is -4.03. The van der Waals surface area contributed by atoms with Crippen LogP contribution in [0.15, 0.2) is 0 Å². The molecule has 0 saturated heterocycles. The molecule has 0 aliphatic carbocycles. The van der Waals surface area contributed by atoms with Crippen molar-refractivity contribution in [1.82, 2.24) is 5.32 Å². The van der Waals surface area contributed by atoms with Crippen LogP contribution in [0.1, 0.15) is 26.2 Å². The second-order valence-electron chi connectivity index (χ2n) is 2.96. The second-order valence-corrected chi connectivity index (χ2v) is 2.96. The fourth-order valence-corrected chi connectivity index (χ4v) is 0.933.